The molecule has 0 bridgehead atoms. The van der Waals surface area contributed by atoms with Crippen LogP contribution >= 0.6 is 0 Å². The van der Waals surface area contributed by atoms with E-state index in [1.165, 1.54) is 6.07 Å². The van der Waals surface area contributed by atoms with Gasteiger partial charge in [0.2, 0.25) is 5.91 Å². The van der Waals surface area contributed by atoms with Gasteiger partial charge < -0.3 is 14.8 Å². The Labute approximate surface area is 142 Å². The summed E-state index contributed by atoms with van der Waals surface area (Å²) in [6.07, 6.45) is -2.44. The minimum absolute atomic E-state index is 0.170. The first kappa shape index (κ1) is 17.5. The zero-order valence-electron chi connectivity index (χ0n) is 13.4. The van der Waals surface area contributed by atoms with Gasteiger partial charge in [0.1, 0.15) is 19.3 Å². The molecule has 1 aromatic rings. The number of amides is 1. The Balaban J connectivity index is 1.57. The van der Waals surface area contributed by atoms with E-state index in [0.29, 0.717) is 44.8 Å². The van der Waals surface area contributed by atoms with E-state index in [1.54, 1.807) is 4.90 Å². The molecule has 0 radical (unpaired) electrons. The van der Waals surface area contributed by atoms with Crippen LogP contribution in [0, 0.1) is 11.8 Å². The summed E-state index contributed by atoms with van der Waals surface area (Å²) in [5.74, 6) is -2.00. The molecule has 0 spiro atoms. The van der Waals surface area contributed by atoms with Gasteiger partial charge in [-0.15, -0.1) is 0 Å². The van der Waals surface area contributed by atoms with E-state index in [-0.39, 0.29) is 5.91 Å². The van der Waals surface area contributed by atoms with Crippen LogP contribution in [0.5, 0.6) is 0 Å². The molecular formula is C16H18F3N3O3. The molecule has 0 aromatic carbocycles. The van der Waals surface area contributed by atoms with Gasteiger partial charge in [-0.05, 0) is 18.9 Å². The van der Waals surface area contributed by atoms with Crippen LogP contribution in [0.2, 0.25) is 0 Å². The van der Waals surface area contributed by atoms with Crippen molar-refractivity contribution in [2.75, 3.05) is 31.1 Å². The number of piperazine rings is 1. The molecule has 2 heterocycles. The summed E-state index contributed by atoms with van der Waals surface area (Å²) >= 11 is 0. The SMILES string of the molecule is O=C([O-])[C@H]1CC[C@@H]1C(=O)N1CCN(c2ccc(C(F)(F)F)c[nH+]2)CC1. The van der Waals surface area contributed by atoms with Crippen LogP contribution in [0.25, 0.3) is 0 Å². The van der Waals surface area contributed by atoms with Crippen molar-refractivity contribution in [3.05, 3.63) is 23.9 Å². The highest BCUT2D eigenvalue weighted by atomic mass is 19.4. The highest BCUT2D eigenvalue weighted by molar-refractivity contribution is 5.86. The number of pyridine rings is 1. The van der Waals surface area contributed by atoms with Crippen LogP contribution < -0.4 is 15.0 Å². The van der Waals surface area contributed by atoms with E-state index in [4.69, 9.17) is 0 Å². The number of aromatic amines is 1. The Hall–Kier alpha value is -2.32. The van der Waals surface area contributed by atoms with Crippen LogP contribution in [0.1, 0.15) is 18.4 Å². The van der Waals surface area contributed by atoms with Gasteiger partial charge in [-0.2, -0.15) is 13.2 Å². The lowest BCUT2D eigenvalue weighted by atomic mass is 9.73. The molecule has 2 atom stereocenters. The van der Waals surface area contributed by atoms with E-state index in [9.17, 15) is 27.9 Å². The van der Waals surface area contributed by atoms with Gasteiger partial charge in [0.25, 0.3) is 5.82 Å². The quantitative estimate of drug-likeness (QED) is 0.760. The summed E-state index contributed by atoms with van der Waals surface area (Å²) in [7, 11) is 0. The van der Waals surface area contributed by atoms with Gasteiger partial charge in [-0.1, -0.05) is 0 Å². The van der Waals surface area contributed by atoms with Crippen LogP contribution in [0.3, 0.4) is 0 Å². The first-order chi connectivity index (χ1) is 11.8. The van der Waals surface area contributed by atoms with Crippen molar-refractivity contribution in [3.63, 3.8) is 0 Å². The summed E-state index contributed by atoms with van der Waals surface area (Å²) in [5.41, 5.74) is -0.747. The fourth-order valence-electron chi connectivity index (χ4n) is 3.27. The van der Waals surface area contributed by atoms with Gasteiger partial charge in [0, 0.05) is 23.9 Å². The number of nitrogens with one attached hydrogen (secondary N) is 1. The lowest BCUT2D eigenvalue weighted by molar-refractivity contribution is -0.367. The average Bonchev–Trinajstić information content (AvgIpc) is 2.52. The molecule has 0 unspecified atom stereocenters. The zero-order valence-corrected chi connectivity index (χ0v) is 13.4. The van der Waals surface area contributed by atoms with Crippen molar-refractivity contribution in [1.82, 2.24) is 4.90 Å². The largest absolute Gasteiger partial charge is 0.550 e. The van der Waals surface area contributed by atoms with E-state index in [2.05, 4.69) is 4.98 Å². The monoisotopic (exact) mass is 357 g/mol. The molecular weight excluding hydrogens is 339 g/mol. The molecule has 1 aliphatic carbocycles. The lowest BCUT2D eigenvalue weighted by Crippen LogP contribution is -2.55. The van der Waals surface area contributed by atoms with Crippen molar-refractivity contribution in [2.45, 2.75) is 19.0 Å². The molecule has 2 fully saturated rings. The van der Waals surface area contributed by atoms with Crippen LogP contribution in [-0.4, -0.2) is 43.0 Å². The highest BCUT2D eigenvalue weighted by Gasteiger charge is 2.41. The predicted molar refractivity (Wildman–Crippen MR) is 78.0 cm³/mol. The number of aromatic nitrogens is 1. The number of carboxylic acid groups (broad SMARTS) is 1. The Kier molecular flexibility index (Phi) is 4.57. The Morgan fingerprint density at radius 2 is 1.72 bits per heavy atom. The summed E-state index contributed by atoms with van der Waals surface area (Å²) in [5, 5.41) is 10.9. The summed E-state index contributed by atoms with van der Waals surface area (Å²) < 4.78 is 37.7. The number of carbonyl (C=O) groups excluding carboxylic acids is 2. The molecule has 1 aliphatic heterocycles. The summed E-state index contributed by atoms with van der Waals surface area (Å²) in [6.45, 7) is 1.75. The van der Waals surface area contributed by atoms with Crippen molar-refractivity contribution in [2.24, 2.45) is 11.8 Å². The minimum atomic E-state index is -4.39. The number of H-pyrrole nitrogens is 1. The number of carboxylic acids is 1. The number of hydrogen-bond donors (Lipinski definition) is 0. The predicted octanol–water partition coefficient (Wildman–Crippen LogP) is -0.0558. The fourth-order valence-corrected chi connectivity index (χ4v) is 3.27. The summed E-state index contributed by atoms with van der Waals surface area (Å²) in [4.78, 5) is 29.4. The summed E-state index contributed by atoms with van der Waals surface area (Å²) in [6, 6.07) is 2.39. The molecule has 6 nitrogen and oxygen atoms in total. The molecule has 3 rings (SSSR count). The molecule has 1 saturated carbocycles. The topological polar surface area (TPSA) is 77.8 Å². The van der Waals surface area contributed by atoms with Gasteiger partial charge >= 0.3 is 6.18 Å². The first-order valence-corrected chi connectivity index (χ1v) is 8.11. The number of nitrogens with zero attached hydrogens (tertiary/aromatic N) is 2. The maximum atomic E-state index is 12.6. The van der Waals surface area contributed by atoms with E-state index in [0.717, 1.165) is 12.3 Å². The van der Waals surface area contributed by atoms with Crippen LogP contribution in [0.15, 0.2) is 18.3 Å². The molecule has 136 valence electrons. The third-order valence-electron chi connectivity index (χ3n) is 4.95. The Morgan fingerprint density at radius 3 is 2.16 bits per heavy atom. The molecule has 1 amide bonds. The molecule has 25 heavy (non-hydrogen) atoms. The molecule has 2 aliphatic rings. The minimum Gasteiger partial charge on any atom is -0.550 e. The molecule has 1 aromatic heterocycles. The zero-order chi connectivity index (χ0) is 18.2. The number of rotatable bonds is 3. The van der Waals surface area contributed by atoms with E-state index < -0.39 is 29.5 Å². The van der Waals surface area contributed by atoms with Gasteiger partial charge in [0.15, 0.2) is 0 Å². The standard InChI is InChI=1S/C16H18F3N3O3/c17-16(18,19)10-1-4-13(20-9-10)21-5-7-22(8-6-21)14(23)11-2-3-12(11)15(24)25/h1,4,9,11-12H,2-3,5-8H2,(H,24,25)/t11-,12-/m0/s1. The maximum absolute atomic E-state index is 12.6. The molecule has 9 heteroatoms. The smallest absolute Gasteiger partial charge is 0.419 e. The molecule has 1 saturated heterocycles. The number of anilines is 1. The number of alkyl halides is 3. The number of aliphatic carboxylic acids is 1. The Morgan fingerprint density at radius 1 is 1.08 bits per heavy atom. The van der Waals surface area contributed by atoms with Gasteiger partial charge in [-0.3, -0.25) is 9.69 Å². The first-order valence-electron chi connectivity index (χ1n) is 8.11. The highest BCUT2D eigenvalue weighted by Crippen LogP contribution is 2.35. The lowest BCUT2D eigenvalue weighted by Gasteiger charge is -2.40. The van der Waals surface area contributed by atoms with E-state index in [1.807, 2.05) is 4.90 Å². The van der Waals surface area contributed by atoms with Gasteiger partial charge in [-0.25, -0.2) is 4.98 Å². The second kappa shape index (κ2) is 6.53. The fraction of sp³-hybridized carbons (Fsp3) is 0.562. The normalized spacial score (nSPS) is 24.0. The van der Waals surface area contributed by atoms with Crippen molar-refractivity contribution < 1.29 is 32.9 Å². The molecule has 1 N–H and O–H groups in total. The third-order valence-corrected chi connectivity index (χ3v) is 4.95. The van der Waals surface area contributed by atoms with E-state index >= 15 is 0 Å². The van der Waals surface area contributed by atoms with Gasteiger partial charge in [0.05, 0.1) is 18.7 Å². The Bertz CT molecular complexity index is 655. The van der Waals surface area contributed by atoms with Crippen molar-refractivity contribution in [3.8, 4) is 0 Å². The maximum Gasteiger partial charge on any atom is 0.419 e. The number of halogens is 3. The van der Waals surface area contributed by atoms with Crippen LogP contribution in [0.4, 0.5) is 19.0 Å². The van der Waals surface area contributed by atoms with Crippen molar-refractivity contribution >= 4 is 17.7 Å². The van der Waals surface area contributed by atoms with Crippen LogP contribution in [-0.2, 0) is 15.8 Å². The number of hydrogen-bond acceptors (Lipinski definition) is 4. The second-order valence-electron chi connectivity index (χ2n) is 6.38. The third kappa shape index (κ3) is 3.54. The second-order valence-corrected chi connectivity index (χ2v) is 6.38. The number of carbonyl (C=O) groups is 2. The van der Waals surface area contributed by atoms with Crippen molar-refractivity contribution in [1.29, 1.82) is 0 Å². The average molecular weight is 357 g/mol.